The second-order valence-corrected chi connectivity index (χ2v) is 9.32. The van der Waals surface area contributed by atoms with Crippen molar-refractivity contribution in [3.05, 3.63) is 60.3 Å². The van der Waals surface area contributed by atoms with Crippen LogP contribution in [0, 0.1) is 0 Å². The van der Waals surface area contributed by atoms with Crippen LogP contribution < -0.4 is 15.0 Å². The van der Waals surface area contributed by atoms with Crippen LogP contribution in [0.4, 0.5) is 11.4 Å². The minimum Gasteiger partial charge on any atom is -0.494 e. The zero-order valence-corrected chi connectivity index (χ0v) is 17.3. The predicted molar refractivity (Wildman–Crippen MR) is 116 cm³/mol. The van der Waals surface area contributed by atoms with Crippen LogP contribution in [-0.2, 0) is 9.84 Å². The Kier molecular flexibility index (Phi) is 5.45. The number of anilines is 2. The van der Waals surface area contributed by atoms with Crippen molar-refractivity contribution < 1.29 is 17.9 Å². The van der Waals surface area contributed by atoms with Crippen molar-refractivity contribution in [2.24, 2.45) is 0 Å². The molecule has 0 radical (unpaired) electrons. The van der Waals surface area contributed by atoms with Crippen LogP contribution in [0.1, 0.15) is 10.4 Å². The number of rotatable bonds is 5. The second kappa shape index (κ2) is 8.19. The Bertz CT molecular complexity index is 1150. The molecule has 0 spiro atoms. The van der Waals surface area contributed by atoms with E-state index in [0.717, 1.165) is 16.9 Å². The van der Waals surface area contributed by atoms with Gasteiger partial charge in [0, 0.05) is 42.2 Å². The molecule has 1 amide bonds. The third-order valence-electron chi connectivity index (χ3n) is 5.06. The van der Waals surface area contributed by atoms with E-state index in [1.165, 1.54) is 7.11 Å². The predicted octanol–water partition coefficient (Wildman–Crippen LogP) is 2.57. The molecule has 0 aliphatic carbocycles. The van der Waals surface area contributed by atoms with Crippen LogP contribution in [0.25, 0.3) is 11.3 Å². The van der Waals surface area contributed by atoms with Crippen LogP contribution in [-0.4, -0.2) is 56.2 Å². The minimum absolute atomic E-state index is 0.139. The van der Waals surface area contributed by atoms with E-state index in [2.05, 4.69) is 15.5 Å². The molecule has 4 rings (SSSR count). The molecule has 1 fully saturated rings. The molecule has 1 aromatic heterocycles. The number of H-pyrrole nitrogens is 1. The third-order valence-corrected chi connectivity index (χ3v) is 6.67. The number of carbonyl (C=O) groups excluding carboxylic acids is 1. The summed E-state index contributed by atoms with van der Waals surface area (Å²) >= 11 is 0. The number of nitrogens with zero attached hydrogens (tertiary/aromatic N) is 2. The number of ether oxygens (including phenoxy) is 1. The van der Waals surface area contributed by atoms with Crippen molar-refractivity contribution in [2.75, 3.05) is 41.9 Å². The van der Waals surface area contributed by atoms with Crippen molar-refractivity contribution in [2.45, 2.75) is 0 Å². The fraction of sp³-hybridized carbons (Fsp3) is 0.238. The monoisotopic (exact) mass is 426 g/mol. The van der Waals surface area contributed by atoms with Gasteiger partial charge in [-0.15, -0.1) is 0 Å². The summed E-state index contributed by atoms with van der Waals surface area (Å²) in [6.07, 6.45) is 1.73. The van der Waals surface area contributed by atoms with Gasteiger partial charge in [-0.2, -0.15) is 5.10 Å². The zero-order chi connectivity index (χ0) is 21.1. The molecule has 0 atom stereocenters. The fourth-order valence-corrected chi connectivity index (χ4v) is 4.59. The van der Waals surface area contributed by atoms with Crippen molar-refractivity contribution >= 4 is 27.1 Å². The molecule has 2 heterocycles. The zero-order valence-electron chi connectivity index (χ0n) is 16.5. The Hall–Kier alpha value is -3.33. The first-order valence-electron chi connectivity index (χ1n) is 9.50. The van der Waals surface area contributed by atoms with Gasteiger partial charge in [0.15, 0.2) is 9.84 Å². The third kappa shape index (κ3) is 4.30. The van der Waals surface area contributed by atoms with Gasteiger partial charge in [0.05, 0.1) is 30.0 Å². The highest BCUT2D eigenvalue weighted by Gasteiger charge is 2.22. The van der Waals surface area contributed by atoms with Crippen LogP contribution in [0.3, 0.4) is 0 Å². The number of hydrogen-bond donors (Lipinski definition) is 2. The van der Waals surface area contributed by atoms with Gasteiger partial charge in [0.2, 0.25) is 0 Å². The summed E-state index contributed by atoms with van der Waals surface area (Å²) in [5.74, 6) is 0.528. The average Bonchev–Trinajstić information content (AvgIpc) is 3.29. The Balaban J connectivity index is 1.52. The highest BCUT2D eigenvalue weighted by Crippen LogP contribution is 2.31. The summed E-state index contributed by atoms with van der Waals surface area (Å²) < 4.78 is 28.8. The number of hydrogen-bond acceptors (Lipinski definition) is 6. The van der Waals surface area contributed by atoms with E-state index in [1.54, 1.807) is 24.4 Å². The van der Waals surface area contributed by atoms with Gasteiger partial charge in [0.1, 0.15) is 5.75 Å². The van der Waals surface area contributed by atoms with Gasteiger partial charge in [-0.25, -0.2) is 8.42 Å². The normalized spacial score (nSPS) is 15.6. The molecular weight excluding hydrogens is 404 g/mol. The SMILES string of the molecule is COc1cc(N2CCS(=O)(=O)CC2)ccc1NC(=O)c1cccc(-c2cc[nH]n2)c1. The summed E-state index contributed by atoms with van der Waals surface area (Å²) in [6, 6.07) is 14.5. The number of sulfone groups is 1. The van der Waals surface area contributed by atoms with Crippen LogP contribution in [0.15, 0.2) is 54.7 Å². The lowest BCUT2D eigenvalue weighted by atomic mass is 10.1. The van der Waals surface area contributed by atoms with Gasteiger partial charge < -0.3 is 15.0 Å². The van der Waals surface area contributed by atoms with Gasteiger partial charge in [-0.1, -0.05) is 12.1 Å². The number of aromatic amines is 1. The van der Waals surface area contributed by atoms with Crippen molar-refractivity contribution in [1.29, 1.82) is 0 Å². The molecular formula is C21H22N4O4S. The summed E-state index contributed by atoms with van der Waals surface area (Å²) in [5, 5.41) is 9.79. The number of methoxy groups -OCH3 is 1. The highest BCUT2D eigenvalue weighted by molar-refractivity contribution is 7.91. The maximum absolute atomic E-state index is 12.8. The lowest BCUT2D eigenvalue weighted by Crippen LogP contribution is -2.40. The van der Waals surface area contributed by atoms with Crippen LogP contribution in [0.2, 0.25) is 0 Å². The molecule has 156 valence electrons. The molecule has 30 heavy (non-hydrogen) atoms. The first-order valence-corrected chi connectivity index (χ1v) is 11.3. The van der Waals surface area contributed by atoms with Gasteiger partial charge >= 0.3 is 0 Å². The quantitative estimate of drug-likeness (QED) is 0.650. The standard InChI is InChI=1S/C21H22N4O4S/c1-29-20-14-17(25-9-11-30(27,28)12-10-25)5-6-19(20)23-21(26)16-4-2-3-15(13-16)18-7-8-22-24-18/h2-8,13-14H,9-12H2,1H3,(H,22,24)(H,23,26). The van der Waals surface area contributed by atoms with E-state index in [1.807, 2.05) is 35.2 Å². The lowest BCUT2D eigenvalue weighted by molar-refractivity contribution is 0.102. The van der Waals surface area contributed by atoms with E-state index >= 15 is 0 Å². The fourth-order valence-electron chi connectivity index (χ4n) is 3.39. The smallest absolute Gasteiger partial charge is 0.255 e. The molecule has 2 aromatic carbocycles. The summed E-state index contributed by atoms with van der Waals surface area (Å²) in [7, 11) is -1.41. The Morgan fingerprint density at radius 3 is 2.63 bits per heavy atom. The number of carbonyl (C=O) groups is 1. The number of aromatic nitrogens is 2. The lowest BCUT2D eigenvalue weighted by Gasteiger charge is -2.29. The number of nitrogens with one attached hydrogen (secondary N) is 2. The molecule has 0 bridgehead atoms. The number of amides is 1. The Labute approximate surface area is 174 Å². The average molecular weight is 426 g/mol. The summed E-state index contributed by atoms with van der Waals surface area (Å²) in [6.45, 7) is 0.883. The largest absolute Gasteiger partial charge is 0.494 e. The molecule has 2 N–H and O–H groups in total. The minimum atomic E-state index is -2.95. The highest BCUT2D eigenvalue weighted by atomic mass is 32.2. The van der Waals surface area contributed by atoms with E-state index in [4.69, 9.17) is 4.74 Å². The molecule has 1 aliphatic heterocycles. The topological polar surface area (TPSA) is 104 Å². The van der Waals surface area contributed by atoms with Gasteiger partial charge in [0.25, 0.3) is 5.91 Å². The maximum atomic E-state index is 12.8. The molecule has 8 nitrogen and oxygen atoms in total. The first-order chi connectivity index (χ1) is 14.4. The van der Waals surface area contributed by atoms with E-state index in [9.17, 15) is 13.2 Å². The van der Waals surface area contributed by atoms with E-state index in [-0.39, 0.29) is 17.4 Å². The van der Waals surface area contributed by atoms with Crippen LogP contribution in [0.5, 0.6) is 5.75 Å². The van der Waals surface area contributed by atoms with Crippen LogP contribution >= 0.6 is 0 Å². The Morgan fingerprint density at radius 2 is 1.93 bits per heavy atom. The van der Waals surface area contributed by atoms with Gasteiger partial charge in [-0.3, -0.25) is 9.89 Å². The molecule has 0 unspecified atom stereocenters. The molecule has 9 heteroatoms. The van der Waals surface area contributed by atoms with Crippen molar-refractivity contribution in [3.8, 4) is 17.0 Å². The maximum Gasteiger partial charge on any atom is 0.255 e. The Morgan fingerprint density at radius 1 is 1.13 bits per heavy atom. The molecule has 0 saturated carbocycles. The van der Waals surface area contributed by atoms with E-state index < -0.39 is 9.84 Å². The summed E-state index contributed by atoms with van der Waals surface area (Å²) in [4.78, 5) is 14.8. The van der Waals surface area contributed by atoms with Crippen molar-refractivity contribution in [3.63, 3.8) is 0 Å². The molecule has 3 aromatic rings. The van der Waals surface area contributed by atoms with Gasteiger partial charge in [-0.05, 0) is 30.3 Å². The van der Waals surface area contributed by atoms with E-state index in [0.29, 0.717) is 30.1 Å². The molecule has 1 saturated heterocycles. The summed E-state index contributed by atoms with van der Waals surface area (Å²) in [5.41, 5.74) is 3.51. The van der Waals surface area contributed by atoms with Crippen molar-refractivity contribution in [1.82, 2.24) is 10.2 Å². The first kappa shape index (κ1) is 20.0. The number of benzene rings is 2. The second-order valence-electron chi connectivity index (χ2n) is 7.02. The molecule has 1 aliphatic rings.